The molecule has 2 aromatic carbocycles. The summed E-state index contributed by atoms with van der Waals surface area (Å²) in [6, 6.07) is 18.9. The first kappa shape index (κ1) is 13.3. The molecule has 3 rings (SSSR count). The zero-order chi connectivity index (χ0) is 13.8. The molecule has 1 heterocycles. The average molecular weight is 282 g/mol. The first-order valence-corrected chi connectivity index (χ1v) is 7.84. The summed E-state index contributed by atoms with van der Waals surface area (Å²) in [7, 11) is 0. The fourth-order valence-electron chi connectivity index (χ4n) is 2.65. The molecule has 1 nitrogen and oxygen atoms in total. The summed E-state index contributed by atoms with van der Waals surface area (Å²) in [5, 5.41) is 13.2. The molecule has 0 spiro atoms. The third kappa shape index (κ3) is 2.92. The summed E-state index contributed by atoms with van der Waals surface area (Å²) < 4.78 is 1.33. The van der Waals surface area contributed by atoms with Crippen LogP contribution in [0.25, 0.3) is 10.1 Å². The Morgan fingerprint density at radius 3 is 2.45 bits per heavy atom. The lowest BCUT2D eigenvalue weighted by Gasteiger charge is -2.13. The number of rotatable bonds is 5. The van der Waals surface area contributed by atoms with Crippen LogP contribution in [0.1, 0.15) is 11.1 Å². The van der Waals surface area contributed by atoms with E-state index in [4.69, 9.17) is 0 Å². The first-order chi connectivity index (χ1) is 9.86. The van der Waals surface area contributed by atoms with Crippen LogP contribution in [0.15, 0.2) is 60.0 Å². The Labute approximate surface area is 123 Å². The van der Waals surface area contributed by atoms with Crippen LogP contribution < -0.4 is 0 Å². The first-order valence-electron chi connectivity index (χ1n) is 6.96. The van der Waals surface area contributed by atoms with Gasteiger partial charge in [-0.1, -0.05) is 48.5 Å². The molecule has 0 aliphatic carbocycles. The van der Waals surface area contributed by atoms with Crippen molar-refractivity contribution < 1.29 is 5.11 Å². The number of benzene rings is 2. The number of fused-ring (bicyclic) bond motifs is 1. The van der Waals surface area contributed by atoms with Crippen LogP contribution >= 0.6 is 11.3 Å². The number of aliphatic hydroxyl groups excluding tert-OH is 1. The topological polar surface area (TPSA) is 20.2 Å². The highest BCUT2D eigenvalue weighted by Gasteiger charge is 2.12. The van der Waals surface area contributed by atoms with Gasteiger partial charge in [-0.15, -0.1) is 11.3 Å². The van der Waals surface area contributed by atoms with E-state index in [-0.39, 0.29) is 12.5 Å². The van der Waals surface area contributed by atoms with Crippen LogP contribution in [0.2, 0.25) is 0 Å². The van der Waals surface area contributed by atoms with Crippen molar-refractivity contribution in [1.29, 1.82) is 0 Å². The van der Waals surface area contributed by atoms with Gasteiger partial charge in [0.25, 0.3) is 0 Å². The molecule has 3 aromatic rings. The van der Waals surface area contributed by atoms with E-state index in [9.17, 15) is 5.11 Å². The van der Waals surface area contributed by atoms with Crippen LogP contribution in [0.4, 0.5) is 0 Å². The van der Waals surface area contributed by atoms with Gasteiger partial charge in [-0.05, 0) is 46.7 Å². The highest BCUT2D eigenvalue weighted by Crippen LogP contribution is 2.28. The van der Waals surface area contributed by atoms with Crippen molar-refractivity contribution in [3.05, 3.63) is 71.1 Å². The second-order valence-electron chi connectivity index (χ2n) is 5.20. The zero-order valence-electron chi connectivity index (χ0n) is 11.3. The molecule has 0 aliphatic heterocycles. The van der Waals surface area contributed by atoms with Gasteiger partial charge in [-0.2, -0.15) is 0 Å². The van der Waals surface area contributed by atoms with Crippen molar-refractivity contribution in [2.24, 2.45) is 5.92 Å². The molecule has 1 aromatic heterocycles. The molecule has 0 amide bonds. The SMILES string of the molecule is OCC(Cc1ccccc1)Cc1csc2ccccc12. The third-order valence-corrected chi connectivity index (χ3v) is 4.71. The highest BCUT2D eigenvalue weighted by atomic mass is 32.1. The van der Waals surface area contributed by atoms with Crippen molar-refractivity contribution in [2.45, 2.75) is 12.8 Å². The Morgan fingerprint density at radius 2 is 1.65 bits per heavy atom. The fraction of sp³-hybridized carbons (Fsp3) is 0.222. The van der Waals surface area contributed by atoms with E-state index in [1.54, 1.807) is 11.3 Å². The standard InChI is InChI=1S/C18H18OS/c19-12-15(10-14-6-2-1-3-7-14)11-16-13-20-18-9-5-4-8-17(16)18/h1-9,13,15,19H,10-12H2. The van der Waals surface area contributed by atoms with Crippen LogP contribution in [-0.4, -0.2) is 11.7 Å². The van der Waals surface area contributed by atoms with E-state index in [1.165, 1.54) is 21.2 Å². The Kier molecular flexibility index (Phi) is 4.14. The van der Waals surface area contributed by atoms with E-state index in [0.717, 1.165) is 12.8 Å². The predicted molar refractivity (Wildman–Crippen MR) is 86.3 cm³/mol. The normalized spacial score (nSPS) is 12.7. The van der Waals surface area contributed by atoms with Gasteiger partial charge in [0.15, 0.2) is 0 Å². The van der Waals surface area contributed by atoms with Crippen LogP contribution in [0.5, 0.6) is 0 Å². The van der Waals surface area contributed by atoms with Gasteiger partial charge < -0.3 is 5.11 Å². The summed E-state index contributed by atoms with van der Waals surface area (Å²) >= 11 is 1.79. The molecule has 0 bridgehead atoms. The second-order valence-corrected chi connectivity index (χ2v) is 6.11. The van der Waals surface area contributed by atoms with Gasteiger partial charge in [-0.25, -0.2) is 0 Å². The third-order valence-electron chi connectivity index (χ3n) is 3.70. The van der Waals surface area contributed by atoms with Crippen molar-refractivity contribution in [3.8, 4) is 0 Å². The summed E-state index contributed by atoms with van der Waals surface area (Å²) in [4.78, 5) is 0. The quantitative estimate of drug-likeness (QED) is 0.740. The van der Waals surface area contributed by atoms with Gasteiger partial charge >= 0.3 is 0 Å². The molecule has 1 N–H and O–H groups in total. The van der Waals surface area contributed by atoms with Gasteiger partial charge in [0.2, 0.25) is 0 Å². The number of hydrogen-bond acceptors (Lipinski definition) is 2. The molecule has 0 fully saturated rings. The molecule has 0 radical (unpaired) electrons. The van der Waals surface area contributed by atoms with Crippen LogP contribution in [-0.2, 0) is 12.8 Å². The van der Waals surface area contributed by atoms with E-state index >= 15 is 0 Å². The van der Waals surface area contributed by atoms with E-state index < -0.39 is 0 Å². The Balaban J connectivity index is 1.78. The number of hydrogen-bond donors (Lipinski definition) is 1. The number of thiophene rings is 1. The minimum atomic E-state index is 0.235. The molecule has 0 saturated heterocycles. The summed E-state index contributed by atoms with van der Waals surface area (Å²) in [6.07, 6.45) is 1.87. The van der Waals surface area contributed by atoms with Gasteiger partial charge in [0.1, 0.15) is 0 Å². The molecular formula is C18H18OS. The highest BCUT2D eigenvalue weighted by molar-refractivity contribution is 7.17. The summed E-state index contributed by atoms with van der Waals surface area (Å²) in [5.74, 6) is 0.287. The molecule has 0 aliphatic rings. The van der Waals surface area contributed by atoms with Crippen molar-refractivity contribution >= 4 is 21.4 Å². The maximum atomic E-state index is 9.66. The minimum Gasteiger partial charge on any atom is -0.396 e. The van der Waals surface area contributed by atoms with E-state index in [2.05, 4.69) is 53.9 Å². The molecule has 1 atom stereocenters. The van der Waals surface area contributed by atoms with Gasteiger partial charge in [-0.3, -0.25) is 0 Å². The Morgan fingerprint density at radius 1 is 0.900 bits per heavy atom. The monoisotopic (exact) mass is 282 g/mol. The van der Waals surface area contributed by atoms with E-state index in [1.807, 2.05) is 6.07 Å². The molecule has 0 saturated carbocycles. The van der Waals surface area contributed by atoms with E-state index in [0.29, 0.717) is 0 Å². The molecule has 102 valence electrons. The van der Waals surface area contributed by atoms with Crippen LogP contribution in [0, 0.1) is 5.92 Å². The lowest BCUT2D eigenvalue weighted by molar-refractivity contribution is 0.225. The molecule has 20 heavy (non-hydrogen) atoms. The largest absolute Gasteiger partial charge is 0.396 e. The van der Waals surface area contributed by atoms with Gasteiger partial charge in [0, 0.05) is 11.3 Å². The van der Waals surface area contributed by atoms with Crippen molar-refractivity contribution in [2.75, 3.05) is 6.61 Å². The lowest BCUT2D eigenvalue weighted by atomic mass is 9.93. The molecule has 1 unspecified atom stereocenters. The zero-order valence-corrected chi connectivity index (χ0v) is 12.1. The Bertz CT molecular complexity index is 672. The minimum absolute atomic E-state index is 0.235. The molecule has 2 heteroatoms. The van der Waals surface area contributed by atoms with Crippen LogP contribution in [0.3, 0.4) is 0 Å². The Hall–Kier alpha value is -1.64. The second kappa shape index (κ2) is 6.21. The summed E-state index contributed by atoms with van der Waals surface area (Å²) in [5.41, 5.74) is 2.66. The predicted octanol–water partition coefficient (Wildman–Crippen LogP) is 4.30. The van der Waals surface area contributed by atoms with Crippen molar-refractivity contribution in [1.82, 2.24) is 0 Å². The average Bonchev–Trinajstić information content (AvgIpc) is 2.91. The fourth-order valence-corrected chi connectivity index (χ4v) is 3.63. The van der Waals surface area contributed by atoms with Crippen molar-refractivity contribution in [3.63, 3.8) is 0 Å². The maximum Gasteiger partial charge on any atom is 0.0465 e. The summed E-state index contributed by atoms with van der Waals surface area (Å²) in [6.45, 7) is 0.235. The number of aliphatic hydroxyl groups is 1. The maximum absolute atomic E-state index is 9.66. The smallest absolute Gasteiger partial charge is 0.0465 e. The van der Waals surface area contributed by atoms with Gasteiger partial charge in [0.05, 0.1) is 0 Å². The lowest BCUT2D eigenvalue weighted by Crippen LogP contribution is -2.12. The molecular weight excluding hydrogens is 264 g/mol.